The Labute approximate surface area is 206 Å². The Balaban J connectivity index is 1.98. The van der Waals surface area contributed by atoms with Crippen LogP contribution in [0, 0.1) is 19.7 Å². The van der Waals surface area contributed by atoms with Gasteiger partial charge in [0.25, 0.3) is 0 Å². The number of halogens is 2. The molecule has 2 heterocycles. The molecule has 3 aromatic rings. The monoisotopic (exact) mass is 522 g/mol. The van der Waals surface area contributed by atoms with Crippen LogP contribution in [0.5, 0.6) is 0 Å². The largest absolute Gasteiger partial charge is 0.434 e. The zero-order valence-corrected chi connectivity index (χ0v) is 21.3. The molecular formula is C23H24ClFN4O5S. The van der Waals surface area contributed by atoms with Crippen molar-refractivity contribution < 1.29 is 22.0 Å². The number of hydrogen-bond acceptors (Lipinski definition) is 7. The number of anilines is 1. The molecular weight excluding hydrogens is 499 g/mol. The second-order valence-electron chi connectivity index (χ2n) is 8.68. The maximum absolute atomic E-state index is 15.1. The molecule has 1 aromatic heterocycles. The molecule has 2 aromatic carbocycles. The number of ketones is 1. The van der Waals surface area contributed by atoms with E-state index in [2.05, 4.69) is 10.2 Å². The van der Waals surface area contributed by atoms with Gasteiger partial charge in [-0.05, 0) is 55.7 Å². The maximum Gasteiger partial charge on any atom is 0.434 e. The first-order valence-corrected chi connectivity index (χ1v) is 12.5. The van der Waals surface area contributed by atoms with Crippen molar-refractivity contribution in [3.05, 3.63) is 73.8 Å². The molecule has 0 spiro atoms. The van der Waals surface area contributed by atoms with E-state index in [-0.39, 0.29) is 39.3 Å². The van der Waals surface area contributed by atoms with Gasteiger partial charge in [-0.1, -0.05) is 24.6 Å². The van der Waals surface area contributed by atoms with Gasteiger partial charge >= 0.3 is 5.76 Å². The van der Waals surface area contributed by atoms with Crippen molar-refractivity contribution in [2.75, 3.05) is 18.6 Å². The van der Waals surface area contributed by atoms with Crippen LogP contribution in [0.3, 0.4) is 0 Å². The SMILES string of the molecule is CC(=O)c1cc(Cl)cc2c1S(=O)(=O)N([C@H](c1n[nH]c(=O)o1)C(C)c1c(F)ccc(C)c1C)CN2C. The third-order valence-corrected chi connectivity index (χ3v) is 8.55. The van der Waals surface area contributed by atoms with Gasteiger partial charge in [-0.25, -0.2) is 22.7 Å². The first-order chi connectivity index (χ1) is 16.3. The lowest BCUT2D eigenvalue weighted by molar-refractivity contribution is 0.101. The lowest BCUT2D eigenvalue weighted by atomic mass is 9.87. The molecule has 0 fully saturated rings. The summed E-state index contributed by atoms with van der Waals surface area (Å²) in [6.07, 6.45) is 0. The number of Topliss-reactive ketones (excluding diaryl/α,β-unsaturated/α-hetero) is 1. The number of fused-ring (bicyclic) bond motifs is 1. The highest BCUT2D eigenvalue weighted by atomic mass is 35.5. The number of benzene rings is 2. The molecule has 0 bridgehead atoms. The molecule has 35 heavy (non-hydrogen) atoms. The molecule has 12 heteroatoms. The molecule has 0 amide bonds. The number of rotatable bonds is 5. The number of aryl methyl sites for hydroxylation is 1. The number of sulfonamides is 1. The van der Waals surface area contributed by atoms with Crippen LogP contribution in [-0.2, 0) is 10.0 Å². The van der Waals surface area contributed by atoms with Crippen LogP contribution >= 0.6 is 11.6 Å². The van der Waals surface area contributed by atoms with Crippen molar-refractivity contribution in [2.24, 2.45) is 0 Å². The minimum atomic E-state index is -4.36. The fraction of sp³-hybridized carbons (Fsp3) is 0.348. The van der Waals surface area contributed by atoms with Crippen LogP contribution in [-0.4, -0.2) is 42.4 Å². The van der Waals surface area contributed by atoms with E-state index in [0.29, 0.717) is 5.56 Å². The molecule has 1 N–H and O–H groups in total. The van der Waals surface area contributed by atoms with E-state index in [0.717, 1.165) is 9.87 Å². The number of nitrogens with zero attached hydrogens (tertiary/aromatic N) is 3. The van der Waals surface area contributed by atoms with Gasteiger partial charge in [0.2, 0.25) is 15.9 Å². The van der Waals surface area contributed by atoms with Gasteiger partial charge in [-0.3, -0.25) is 4.79 Å². The van der Waals surface area contributed by atoms with Gasteiger partial charge in [-0.2, -0.15) is 4.31 Å². The van der Waals surface area contributed by atoms with Crippen molar-refractivity contribution in [1.29, 1.82) is 0 Å². The van der Waals surface area contributed by atoms with Crippen molar-refractivity contribution in [3.8, 4) is 0 Å². The highest BCUT2D eigenvalue weighted by Gasteiger charge is 2.46. The summed E-state index contributed by atoms with van der Waals surface area (Å²) < 4.78 is 49.4. The maximum atomic E-state index is 15.1. The number of aromatic nitrogens is 2. The van der Waals surface area contributed by atoms with Crippen molar-refractivity contribution in [3.63, 3.8) is 0 Å². The Hall–Kier alpha value is -3.02. The highest BCUT2D eigenvalue weighted by Crippen LogP contribution is 2.45. The second kappa shape index (κ2) is 8.89. The second-order valence-corrected chi connectivity index (χ2v) is 10.9. The highest BCUT2D eigenvalue weighted by molar-refractivity contribution is 7.89. The first kappa shape index (κ1) is 25.1. The van der Waals surface area contributed by atoms with E-state index in [1.807, 2.05) is 6.92 Å². The van der Waals surface area contributed by atoms with Gasteiger partial charge < -0.3 is 9.32 Å². The number of carbonyl (C=O) groups is 1. The predicted molar refractivity (Wildman–Crippen MR) is 128 cm³/mol. The van der Waals surface area contributed by atoms with Crippen LogP contribution < -0.4 is 10.7 Å². The van der Waals surface area contributed by atoms with E-state index >= 15 is 4.39 Å². The van der Waals surface area contributed by atoms with Crippen molar-refractivity contribution in [1.82, 2.24) is 14.5 Å². The number of H-pyrrole nitrogens is 1. The summed E-state index contributed by atoms with van der Waals surface area (Å²) in [5.74, 6) is -2.93. The van der Waals surface area contributed by atoms with Crippen molar-refractivity contribution >= 4 is 33.1 Å². The van der Waals surface area contributed by atoms with Gasteiger partial charge in [0.1, 0.15) is 16.8 Å². The number of nitrogens with one attached hydrogen (secondary N) is 1. The summed E-state index contributed by atoms with van der Waals surface area (Å²) in [6, 6.07) is 4.51. The molecule has 1 aliphatic heterocycles. The number of hydrogen-bond donors (Lipinski definition) is 1. The summed E-state index contributed by atoms with van der Waals surface area (Å²) >= 11 is 6.17. The quantitative estimate of drug-likeness (QED) is 0.505. The smallest absolute Gasteiger partial charge is 0.391 e. The summed E-state index contributed by atoms with van der Waals surface area (Å²) in [5, 5.41) is 6.27. The fourth-order valence-corrected chi connectivity index (χ4v) is 6.89. The third-order valence-electron chi connectivity index (χ3n) is 6.42. The standard InChI is InChI=1S/C23H24ClFN4O5S/c1-11-6-7-17(25)19(12(11)2)13(3)20(22-26-27-23(31)34-22)29-10-28(5)18-9-15(24)8-16(14(4)30)21(18)35(29,32)33/h6-9,13,20H,10H2,1-5H3,(H,27,31)/t13?,20-/m0/s1. The number of carbonyl (C=O) groups excluding carboxylic acids is 1. The average molecular weight is 523 g/mol. The van der Waals surface area contributed by atoms with Crippen LogP contribution in [0.15, 0.2) is 38.4 Å². The summed E-state index contributed by atoms with van der Waals surface area (Å²) in [4.78, 5) is 25.6. The van der Waals surface area contributed by atoms with Crippen molar-refractivity contribution in [2.45, 2.75) is 44.6 Å². The van der Waals surface area contributed by atoms with Gasteiger partial charge in [0.15, 0.2) is 5.78 Å². The summed E-state index contributed by atoms with van der Waals surface area (Å²) in [7, 11) is -2.72. The summed E-state index contributed by atoms with van der Waals surface area (Å²) in [5.41, 5.74) is 1.91. The molecule has 1 aliphatic rings. The molecule has 1 unspecified atom stereocenters. The molecule has 9 nitrogen and oxygen atoms in total. The van der Waals surface area contributed by atoms with E-state index < -0.39 is 39.3 Å². The fourth-order valence-electron chi connectivity index (χ4n) is 4.59. The lowest BCUT2D eigenvalue weighted by Crippen LogP contribution is -2.48. The van der Waals surface area contributed by atoms with E-state index in [1.54, 1.807) is 31.9 Å². The lowest BCUT2D eigenvalue weighted by Gasteiger charge is -2.41. The zero-order valence-electron chi connectivity index (χ0n) is 19.7. The van der Waals surface area contributed by atoms with Gasteiger partial charge in [-0.15, -0.1) is 5.10 Å². The van der Waals surface area contributed by atoms with Crippen LogP contribution in [0.4, 0.5) is 10.1 Å². The third kappa shape index (κ3) is 4.17. The Kier molecular flexibility index (Phi) is 6.37. The molecule has 2 atom stereocenters. The Morgan fingerprint density at radius 2 is 1.97 bits per heavy atom. The topological polar surface area (TPSA) is 117 Å². The molecule has 0 aliphatic carbocycles. The van der Waals surface area contributed by atoms with Gasteiger partial charge in [0, 0.05) is 23.6 Å². The van der Waals surface area contributed by atoms with Crippen LogP contribution in [0.1, 0.15) is 58.7 Å². The molecule has 186 valence electrons. The summed E-state index contributed by atoms with van der Waals surface area (Å²) in [6.45, 7) is 6.26. The molecule has 4 rings (SSSR count). The van der Waals surface area contributed by atoms with Crippen LogP contribution in [0.2, 0.25) is 5.02 Å². The van der Waals surface area contributed by atoms with E-state index in [1.165, 1.54) is 25.1 Å². The molecule has 0 saturated carbocycles. The number of aromatic amines is 1. The predicted octanol–water partition coefficient (Wildman–Crippen LogP) is 3.92. The average Bonchev–Trinajstić information content (AvgIpc) is 3.20. The minimum Gasteiger partial charge on any atom is -0.391 e. The van der Waals surface area contributed by atoms with Gasteiger partial charge in [0.05, 0.1) is 12.4 Å². The molecule has 0 saturated heterocycles. The normalized spacial score (nSPS) is 17.2. The first-order valence-electron chi connectivity index (χ1n) is 10.7. The van der Waals surface area contributed by atoms with E-state index in [9.17, 15) is 18.0 Å². The molecule has 0 radical (unpaired) electrons. The minimum absolute atomic E-state index is 0.0724. The zero-order chi connectivity index (χ0) is 25.8. The Morgan fingerprint density at radius 3 is 2.57 bits per heavy atom. The van der Waals surface area contributed by atoms with E-state index in [4.69, 9.17) is 16.0 Å². The van der Waals surface area contributed by atoms with Crippen LogP contribution in [0.25, 0.3) is 0 Å². The Bertz CT molecular complexity index is 1500. The Morgan fingerprint density at radius 1 is 1.29 bits per heavy atom.